The van der Waals surface area contributed by atoms with E-state index < -0.39 is 6.04 Å². The zero-order valence-corrected chi connectivity index (χ0v) is 21.6. The smallest absolute Gasteiger partial charge is 0.251 e. The van der Waals surface area contributed by atoms with Crippen LogP contribution in [0.25, 0.3) is 0 Å². The standard InChI is InChI=1S/C30H34N4O4/c1-21(32-27(35)20-31-28(36)24-14-8-4-9-15-24)18-22(2)33-30(38)26(19-23-12-6-3-7-13-23)34-29(37)25-16-10-5-11-17-25/h3-17,21-22,26H,18-20H2,1-2H3,(H,31,36)(H,32,35)(H,33,38)(H,34,37). The van der Waals surface area contributed by atoms with Crippen molar-refractivity contribution < 1.29 is 19.2 Å². The van der Waals surface area contributed by atoms with Gasteiger partial charge in [0.25, 0.3) is 11.8 Å². The van der Waals surface area contributed by atoms with Crippen LogP contribution in [0.1, 0.15) is 46.5 Å². The van der Waals surface area contributed by atoms with E-state index in [1.165, 1.54) is 0 Å². The van der Waals surface area contributed by atoms with E-state index in [2.05, 4.69) is 21.3 Å². The molecular formula is C30H34N4O4. The van der Waals surface area contributed by atoms with Gasteiger partial charge in [-0.25, -0.2) is 0 Å². The highest BCUT2D eigenvalue weighted by Gasteiger charge is 2.24. The molecule has 0 heterocycles. The SMILES string of the molecule is CC(CC(C)NC(=O)C(Cc1ccccc1)NC(=O)c1ccccc1)NC(=O)CNC(=O)c1ccccc1. The van der Waals surface area contributed by atoms with Gasteiger partial charge in [-0.2, -0.15) is 0 Å². The van der Waals surface area contributed by atoms with Crippen LogP contribution in [0.4, 0.5) is 0 Å². The minimum atomic E-state index is -0.773. The normalized spacial score (nSPS) is 12.9. The summed E-state index contributed by atoms with van der Waals surface area (Å²) in [7, 11) is 0. The second-order valence-electron chi connectivity index (χ2n) is 9.24. The number of rotatable bonds is 12. The number of nitrogens with one attached hydrogen (secondary N) is 4. The van der Waals surface area contributed by atoms with E-state index in [0.29, 0.717) is 24.0 Å². The third kappa shape index (κ3) is 9.20. The molecule has 0 aliphatic carbocycles. The summed E-state index contributed by atoms with van der Waals surface area (Å²) in [6, 6.07) is 25.6. The number of carbonyl (C=O) groups excluding carboxylic acids is 4. The maximum absolute atomic E-state index is 13.2. The van der Waals surface area contributed by atoms with Crippen LogP contribution in [0.15, 0.2) is 91.0 Å². The zero-order valence-electron chi connectivity index (χ0n) is 21.6. The van der Waals surface area contributed by atoms with Crippen LogP contribution in [0.3, 0.4) is 0 Å². The Morgan fingerprint density at radius 2 is 1.13 bits per heavy atom. The molecule has 0 aliphatic heterocycles. The van der Waals surface area contributed by atoms with E-state index in [0.717, 1.165) is 5.56 Å². The van der Waals surface area contributed by atoms with Gasteiger partial charge < -0.3 is 21.3 Å². The Labute approximate surface area is 223 Å². The van der Waals surface area contributed by atoms with Crippen LogP contribution in [-0.4, -0.2) is 48.3 Å². The summed E-state index contributed by atoms with van der Waals surface area (Å²) < 4.78 is 0. The molecule has 0 radical (unpaired) electrons. The predicted molar refractivity (Wildman–Crippen MR) is 146 cm³/mol. The van der Waals surface area contributed by atoms with Gasteiger partial charge in [0.1, 0.15) is 6.04 Å². The molecule has 3 atom stereocenters. The highest BCUT2D eigenvalue weighted by molar-refractivity contribution is 5.98. The molecule has 3 unspecified atom stereocenters. The van der Waals surface area contributed by atoms with Crippen LogP contribution >= 0.6 is 0 Å². The molecule has 3 rings (SSSR count). The van der Waals surface area contributed by atoms with E-state index in [4.69, 9.17) is 0 Å². The molecule has 3 aromatic carbocycles. The molecule has 3 aromatic rings. The van der Waals surface area contributed by atoms with Crippen molar-refractivity contribution >= 4 is 23.6 Å². The zero-order chi connectivity index (χ0) is 27.3. The average molecular weight is 515 g/mol. The Morgan fingerprint density at radius 1 is 0.632 bits per heavy atom. The van der Waals surface area contributed by atoms with Gasteiger partial charge in [0.15, 0.2) is 0 Å². The van der Waals surface area contributed by atoms with Gasteiger partial charge in [-0.05, 0) is 50.1 Å². The van der Waals surface area contributed by atoms with Crippen molar-refractivity contribution in [3.05, 3.63) is 108 Å². The summed E-state index contributed by atoms with van der Waals surface area (Å²) in [6.45, 7) is 3.53. The number of hydrogen-bond donors (Lipinski definition) is 4. The van der Waals surface area contributed by atoms with Crippen molar-refractivity contribution in [1.82, 2.24) is 21.3 Å². The molecule has 4 N–H and O–H groups in total. The fourth-order valence-corrected chi connectivity index (χ4v) is 4.06. The van der Waals surface area contributed by atoms with Gasteiger partial charge in [0.05, 0.1) is 6.54 Å². The Bertz CT molecular complexity index is 1200. The number of benzene rings is 3. The molecular weight excluding hydrogens is 480 g/mol. The largest absolute Gasteiger partial charge is 0.352 e. The van der Waals surface area contributed by atoms with E-state index >= 15 is 0 Å². The summed E-state index contributed by atoms with van der Waals surface area (Å²) >= 11 is 0. The Balaban J connectivity index is 1.51. The monoisotopic (exact) mass is 514 g/mol. The maximum atomic E-state index is 13.2. The molecule has 0 bridgehead atoms. The highest BCUT2D eigenvalue weighted by atomic mass is 16.2. The quantitative estimate of drug-likeness (QED) is 0.297. The first kappa shape index (κ1) is 28.1. The van der Waals surface area contributed by atoms with E-state index in [9.17, 15) is 19.2 Å². The van der Waals surface area contributed by atoms with Crippen molar-refractivity contribution in [2.75, 3.05) is 6.54 Å². The summed E-state index contributed by atoms with van der Waals surface area (Å²) in [4.78, 5) is 50.4. The fourth-order valence-electron chi connectivity index (χ4n) is 4.06. The summed E-state index contributed by atoms with van der Waals surface area (Å²) in [6.07, 6.45) is 0.806. The van der Waals surface area contributed by atoms with Crippen molar-refractivity contribution in [1.29, 1.82) is 0 Å². The molecule has 4 amide bonds. The first-order valence-corrected chi connectivity index (χ1v) is 12.6. The first-order valence-electron chi connectivity index (χ1n) is 12.6. The van der Waals surface area contributed by atoms with Crippen LogP contribution < -0.4 is 21.3 Å². The second kappa shape index (κ2) is 14.3. The Hall–Kier alpha value is -4.46. The molecule has 38 heavy (non-hydrogen) atoms. The molecule has 8 nitrogen and oxygen atoms in total. The van der Waals surface area contributed by atoms with Gasteiger partial charge in [0, 0.05) is 29.6 Å². The molecule has 0 spiro atoms. The summed E-state index contributed by atoms with van der Waals surface area (Å²) in [5.41, 5.74) is 1.88. The number of amides is 4. The summed E-state index contributed by atoms with van der Waals surface area (Å²) in [5, 5.41) is 11.2. The van der Waals surface area contributed by atoms with E-state index in [-0.39, 0.29) is 42.3 Å². The molecule has 0 aliphatic rings. The third-order valence-corrected chi connectivity index (χ3v) is 5.89. The molecule has 0 saturated carbocycles. The van der Waals surface area contributed by atoms with E-state index in [1.54, 1.807) is 48.5 Å². The fraction of sp³-hybridized carbons (Fsp3) is 0.267. The van der Waals surface area contributed by atoms with Crippen molar-refractivity contribution in [3.8, 4) is 0 Å². The number of hydrogen-bond acceptors (Lipinski definition) is 4. The van der Waals surface area contributed by atoms with Crippen molar-refractivity contribution in [3.63, 3.8) is 0 Å². The minimum Gasteiger partial charge on any atom is -0.352 e. The Morgan fingerprint density at radius 3 is 1.71 bits per heavy atom. The topological polar surface area (TPSA) is 116 Å². The Kier molecular flexibility index (Phi) is 10.6. The molecule has 198 valence electrons. The van der Waals surface area contributed by atoms with Crippen LogP contribution in [0, 0.1) is 0 Å². The first-order chi connectivity index (χ1) is 18.3. The lowest BCUT2D eigenvalue weighted by atomic mass is 10.0. The second-order valence-corrected chi connectivity index (χ2v) is 9.24. The van der Waals surface area contributed by atoms with Gasteiger partial charge >= 0.3 is 0 Å². The van der Waals surface area contributed by atoms with Gasteiger partial charge in [0.2, 0.25) is 11.8 Å². The lowest BCUT2D eigenvalue weighted by molar-refractivity contribution is -0.123. The van der Waals surface area contributed by atoms with Gasteiger partial charge in [-0.1, -0.05) is 66.7 Å². The number of carbonyl (C=O) groups is 4. The molecule has 0 fully saturated rings. The van der Waals surface area contributed by atoms with Crippen molar-refractivity contribution in [2.45, 2.75) is 44.8 Å². The molecule has 8 heteroatoms. The van der Waals surface area contributed by atoms with Gasteiger partial charge in [-0.15, -0.1) is 0 Å². The van der Waals surface area contributed by atoms with Crippen LogP contribution in [0.5, 0.6) is 0 Å². The lowest BCUT2D eigenvalue weighted by Gasteiger charge is -2.24. The van der Waals surface area contributed by atoms with Crippen LogP contribution in [-0.2, 0) is 16.0 Å². The molecule has 0 saturated heterocycles. The highest BCUT2D eigenvalue weighted by Crippen LogP contribution is 2.07. The predicted octanol–water partition coefficient (Wildman–Crippen LogP) is 2.86. The average Bonchev–Trinajstić information content (AvgIpc) is 2.92. The van der Waals surface area contributed by atoms with Crippen molar-refractivity contribution in [2.24, 2.45) is 0 Å². The molecule has 0 aromatic heterocycles. The maximum Gasteiger partial charge on any atom is 0.251 e. The summed E-state index contributed by atoms with van der Waals surface area (Å²) in [5.74, 6) is -1.28. The minimum absolute atomic E-state index is 0.149. The van der Waals surface area contributed by atoms with Crippen LogP contribution in [0.2, 0.25) is 0 Å². The third-order valence-electron chi connectivity index (χ3n) is 5.89. The lowest BCUT2D eigenvalue weighted by Crippen LogP contribution is -2.51. The van der Waals surface area contributed by atoms with E-state index in [1.807, 2.05) is 56.3 Å². The van der Waals surface area contributed by atoms with Gasteiger partial charge in [-0.3, -0.25) is 19.2 Å².